The maximum Gasteiger partial charge on any atom is 0.200 e. The van der Waals surface area contributed by atoms with Gasteiger partial charge in [0.15, 0.2) is 0 Å². The van der Waals surface area contributed by atoms with Crippen LogP contribution in [-0.2, 0) is 0 Å². The Hall–Kier alpha value is -3.01. The van der Waals surface area contributed by atoms with E-state index in [2.05, 4.69) is 0 Å². The van der Waals surface area contributed by atoms with Crippen LogP contribution in [0.4, 0.5) is 0 Å². The normalized spacial score (nSPS) is 14.8. The summed E-state index contributed by atoms with van der Waals surface area (Å²) in [7, 11) is 1.60. The Morgan fingerprint density at radius 1 is 1.12 bits per heavy atom. The minimum absolute atomic E-state index is 0.0736. The van der Waals surface area contributed by atoms with Crippen molar-refractivity contribution in [3.05, 3.63) is 64.5 Å². The van der Waals surface area contributed by atoms with Gasteiger partial charge in [0.1, 0.15) is 28.9 Å². The molecule has 1 aliphatic rings. The van der Waals surface area contributed by atoms with Crippen molar-refractivity contribution in [1.82, 2.24) is 0 Å². The molecular weight excluding hydrogens is 316 g/mol. The monoisotopic (exact) mass is 334 g/mol. The van der Waals surface area contributed by atoms with Gasteiger partial charge in [0.25, 0.3) is 0 Å². The van der Waals surface area contributed by atoms with E-state index in [0.717, 1.165) is 16.9 Å². The Balaban J connectivity index is 1.91. The number of rotatable bonds is 2. The van der Waals surface area contributed by atoms with Crippen molar-refractivity contribution in [2.24, 2.45) is 0 Å². The van der Waals surface area contributed by atoms with Crippen molar-refractivity contribution in [3.8, 4) is 22.6 Å². The maximum atomic E-state index is 13.0. The van der Waals surface area contributed by atoms with Gasteiger partial charge in [0.2, 0.25) is 5.43 Å². The Labute approximate surface area is 145 Å². The maximum absolute atomic E-state index is 13.0. The van der Waals surface area contributed by atoms with Crippen LogP contribution in [0.3, 0.4) is 0 Å². The van der Waals surface area contributed by atoms with Crippen molar-refractivity contribution in [1.29, 1.82) is 0 Å². The Bertz CT molecular complexity index is 1060. The lowest BCUT2D eigenvalue weighted by Crippen LogP contribution is -2.27. The van der Waals surface area contributed by atoms with Gasteiger partial charge in [-0.15, -0.1) is 0 Å². The quantitative estimate of drug-likeness (QED) is 0.684. The van der Waals surface area contributed by atoms with Gasteiger partial charge in [0, 0.05) is 0 Å². The second kappa shape index (κ2) is 5.52. The van der Waals surface area contributed by atoms with E-state index in [1.807, 2.05) is 56.3 Å². The molecule has 1 aromatic heterocycles. The third kappa shape index (κ3) is 2.60. The molecule has 0 saturated carbocycles. The smallest absolute Gasteiger partial charge is 0.200 e. The average molecular weight is 334 g/mol. The second-order valence-corrected chi connectivity index (χ2v) is 6.60. The molecule has 0 bridgehead atoms. The van der Waals surface area contributed by atoms with Gasteiger partial charge in [-0.1, -0.05) is 12.1 Å². The summed E-state index contributed by atoms with van der Waals surface area (Å²) in [5, 5.41) is 0.534. The molecule has 0 radical (unpaired) electrons. The summed E-state index contributed by atoms with van der Waals surface area (Å²) in [5.41, 5.74) is 2.16. The van der Waals surface area contributed by atoms with Crippen LogP contribution >= 0.6 is 0 Å². The van der Waals surface area contributed by atoms with Crippen LogP contribution < -0.4 is 14.9 Å². The van der Waals surface area contributed by atoms with Crippen LogP contribution in [0.15, 0.2) is 57.9 Å². The number of fused-ring (bicyclic) bond motifs is 3. The lowest BCUT2D eigenvalue weighted by molar-refractivity contribution is 0.159. The minimum Gasteiger partial charge on any atom is -0.497 e. The van der Waals surface area contributed by atoms with Gasteiger partial charge in [-0.3, -0.25) is 4.79 Å². The van der Waals surface area contributed by atoms with Crippen LogP contribution in [0.5, 0.6) is 11.5 Å². The molecule has 126 valence electrons. The Kier molecular flexibility index (Phi) is 3.42. The van der Waals surface area contributed by atoms with Crippen molar-refractivity contribution in [2.75, 3.05) is 7.11 Å². The van der Waals surface area contributed by atoms with E-state index in [4.69, 9.17) is 13.9 Å². The van der Waals surface area contributed by atoms with E-state index >= 15 is 0 Å². The molecule has 0 spiro atoms. The second-order valence-electron chi connectivity index (χ2n) is 6.60. The standard InChI is InChI=1S/C21H18O4/c1-21(2)10-9-15-18(25-21)8-7-16-19(22)17(12-24-20(15)16)13-5-4-6-14(11-13)23-3/h4-12H,1-3H3. The highest BCUT2D eigenvalue weighted by molar-refractivity contribution is 5.91. The zero-order chi connectivity index (χ0) is 17.6. The Morgan fingerprint density at radius 3 is 2.76 bits per heavy atom. The van der Waals surface area contributed by atoms with E-state index < -0.39 is 0 Å². The first-order valence-electron chi connectivity index (χ1n) is 8.10. The van der Waals surface area contributed by atoms with Crippen molar-refractivity contribution < 1.29 is 13.9 Å². The third-order valence-corrected chi connectivity index (χ3v) is 4.35. The molecule has 0 amide bonds. The molecule has 3 aromatic rings. The fraction of sp³-hybridized carbons (Fsp3) is 0.190. The van der Waals surface area contributed by atoms with Crippen LogP contribution in [0, 0.1) is 0 Å². The van der Waals surface area contributed by atoms with Crippen LogP contribution in [0.25, 0.3) is 28.2 Å². The lowest BCUT2D eigenvalue weighted by atomic mass is 9.99. The fourth-order valence-electron chi connectivity index (χ4n) is 3.04. The van der Waals surface area contributed by atoms with Crippen molar-refractivity contribution in [2.45, 2.75) is 19.4 Å². The van der Waals surface area contributed by atoms with Gasteiger partial charge in [-0.2, -0.15) is 0 Å². The van der Waals surface area contributed by atoms with E-state index in [1.54, 1.807) is 13.2 Å². The summed E-state index contributed by atoms with van der Waals surface area (Å²) in [5.74, 6) is 1.42. The largest absolute Gasteiger partial charge is 0.497 e. The van der Waals surface area contributed by atoms with E-state index in [0.29, 0.717) is 22.3 Å². The van der Waals surface area contributed by atoms with Crippen molar-refractivity contribution in [3.63, 3.8) is 0 Å². The average Bonchev–Trinajstić information content (AvgIpc) is 2.60. The first kappa shape index (κ1) is 15.5. The summed E-state index contributed by atoms with van der Waals surface area (Å²) >= 11 is 0. The summed E-state index contributed by atoms with van der Waals surface area (Å²) in [6.45, 7) is 3.97. The number of methoxy groups -OCH3 is 1. The number of ether oxygens (including phenoxy) is 2. The highest BCUT2D eigenvalue weighted by Gasteiger charge is 2.24. The zero-order valence-corrected chi connectivity index (χ0v) is 14.3. The molecule has 0 unspecified atom stereocenters. The molecule has 0 aliphatic carbocycles. The van der Waals surface area contributed by atoms with E-state index in [1.165, 1.54) is 6.26 Å². The van der Waals surface area contributed by atoms with Gasteiger partial charge in [-0.05, 0) is 55.8 Å². The molecule has 4 heteroatoms. The molecule has 1 aliphatic heterocycles. The molecule has 2 heterocycles. The molecule has 0 atom stereocenters. The SMILES string of the molecule is COc1cccc(-c2coc3c4c(ccc3c2=O)OC(C)(C)C=C4)c1. The molecular formula is C21H18O4. The zero-order valence-electron chi connectivity index (χ0n) is 14.3. The number of benzene rings is 2. The van der Waals surface area contributed by atoms with Gasteiger partial charge in [0.05, 0.1) is 23.6 Å². The molecule has 0 fully saturated rings. The van der Waals surface area contributed by atoms with Crippen molar-refractivity contribution >= 4 is 17.0 Å². The predicted octanol–water partition coefficient (Wildman–Crippen LogP) is 4.65. The lowest BCUT2D eigenvalue weighted by Gasteiger charge is -2.27. The predicted molar refractivity (Wildman–Crippen MR) is 98.2 cm³/mol. The topological polar surface area (TPSA) is 48.7 Å². The number of hydrogen-bond donors (Lipinski definition) is 0. The molecule has 0 saturated heterocycles. The van der Waals surface area contributed by atoms with Crippen LogP contribution in [-0.4, -0.2) is 12.7 Å². The Morgan fingerprint density at radius 2 is 1.96 bits per heavy atom. The van der Waals surface area contributed by atoms with Crippen LogP contribution in [0.1, 0.15) is 19.4 Å². The molecule has 25 heavy (non-hydrogen) atoms. The fourth-order valence-corrected chi connectivity index (χ4v) is 3.04. The molecule has 4 rings (SSSR count). The number of hydrogen-bond acceptors (Lipinski definition) is 4. The summed E-state index contributed by atoms with van der Waals surface area (Å²) in [6, 6.07) is 11.0. The third-order valence-electron chi connectivity index (χ3n) is 4.35. The summed E-state index contributed by atoms with van der Waals surface area (Å²) < 4.78 is 17.0. The van der Waals surface area contributed by atoms with E-state index in [-0.39, 0.29) is 11.0 Å². The molecule has 0 N–H and O–H groups in total. The van der Waals surface area contributed by atoms with E-state index in [9.17, 15) is 4.79 Å². The molecule has 2 aromatic carbocycles. The summed E-state index contributed by atoms with van der Waals surface area (Å²) in [4.78, 5) is 13.0. The highest BCUT2D eigenvalue weighted by atomic mass is 16.5. The highest BCUT2D eigenvalue weighted by Crippen LogP contribution is 2.36. The van der Waals surface area contributed by atoms with Gasteiger partial charge >= 0.3 is 0 Å². The summed E-state index contributed by atoms with van der Waals surface area (Å²) in [6.07, 6.45) is 5.42. The van der Waals surface area contributed by atoms with Crippen LogP contribution in [0.2, 0.25) is 0 Å². The van der Waals surface area contributed by atoms with Gasteiger partial charge in [-0.25, -0.2) is 0 Å². The minimum atomic E-state index is -0.374. The first-order valence-corrected chi connectivity index (χ1v) is 8.10. The first-order chi connectivity index (χ1) is 12.0. The van der Waals surface area contributed by atoms with Gasteiger partial charge < -0.3 is 13.9 Å². The molecule has 4 nitrogen and oxygen atoms in total.